The quantitative estimate of drug-likeness (QED) is 0.310. The Balaban J connectivity index is 1.59. The average Bonchev–Trinajstić information content (AvgIpc) is 2.84. The van der Waals surface area contributed by atoms with E-state index in [4.69, 9.17) is 9.31 Å². The molecular weight excluding hydrogens is 445 g/mol. The second-order valence-electron chi connectivity index (χ2n) is 8.43. The van der Waals surface area contributed by atoms with Crippen molar-refractivity contribution in [2.24, 2.45) is 4.99 Å². The number of benzene rings is 3. The molecule has 2 aliphatic heterocycles. The van der Waals surface area contributed by atoms with E-state index in [-0.39, 0.29) is 11.5 Å². The summed E-state index contributed by atoms with van der Waals surface area (Å²) < 4.78 is 40.4. The molecule has 0 N–H and O–H groups in total. The highest BCUT2D eigenvalue weighted by atomic mass is 19.3. The van der Waals surface area contributed by atoms with Gasteiger partial charge in [0.1, 0.15) is 11.4 Å². The van der Waals surface area contributed by atoms with Gasteiger partial charge in [0.05, 0.1) is 17.1 Å². The largest absolute Gasteiger partial charge is 0.725 e. The van der Waals surface area contributed by atoms with Crippen LogP contribution in [0.15, 0.2) is 113 Å². The molecule has 0 saturated heterocycles. The van der Waals surface area contributed by atoms with Gasteiger partial charge < -0.3 is 17.9 Å². The smallest absolute Gasteiger partial charge is 0.627 e. The maximum Gasteiger partial charge on any atom is 0.725 e. The Morgan fingerprint density at radius 1 is 0.771 bits per heavy atom. The third-order valence-corrected chi connectivity index (χ3v) is 5.63. The maximum absolute atomic E-state index is 14.3. The Morgan fingerprint density at radius 2 is 1.43 bits per heavy atom. The van der Waals surface area contributed by atoms with Gasteiger partial charge in [-0.2, -0.15) is 4.58 Å². The second kappa shape index (κ2) is 9.18. The lowest BCUT2D eigenvalue weighted by molar-refractivity contribution is 0.172. The number of hydrogen-bond acceptors (Lipinski definition) is 2. The monoisotopic (exact) mass is 468 g/mol. The van der Waals surface area contributed by atoms with Crippen molar-refractivity contribution in [3.05, 3.63) is 125 Å². The molecule has 35 heavy (non-hydrogen) atoms. The molecule has 0 spiro atoms. The van der Waals surface area contributed by atoms with Crippen LogP contribution in [0.25, 0.3) is 5.76 Å². The van der Waals surface area contributed by atoms with E-state index in [0.29, 0.717) is 17.0 Å². The number of amidine groups is 1. The van der Waals surface area contributed by atoms with Crippen LogP contribution in [-0.2, 0) is 9.31 Å². The molecule has 0 radical (unpaired) electrons. The molecule has 0 fully saturated rings. The van der Waals surface area contributed by atoms with Gasteiger partial charge in [0.2, 0.25) is 0 Å². The van der Waals surface area contributed by atoms with Gasteiger partial charge in [-0.15, -0.1) is 0 Å². The minimum absolute atomic E-state index is 0.0109. The number of allylic oxidation sites excluding steroid dienone is 3. The van der Waals surface area contributed by atoms with Gasteiger partial charge >= 0.3 is 12.9 Å². The van der Waals surface area contributed by atoms with Gasteiger partial charge in [-0.1, -0.05) is 54.6 Å². The molecule has 3 aromatic rings. The third-order valence-electron chi connectivity index (χ3n) is 5.63. The maximum atomic E-state index is 14.3. The summed E-state index contributed by atoms with van der Waals surface area (Å²) in [6, 6.07) is 25.0. The van der Waals surface area contributed by atoms with Crippen LogP contribution < -0.4 is 4.58 Å². The molecule has 4 nitrogen and oxygen atoms in total. The third kappa shape index (κ3) is 4.99. The van der Waals surface area contributed by atoms with Gasteiger partial charge in [-0.05, 0) is 60.3 Å². The van der Waals surface area contributed by atoms with Crippen LogP contribution in [0.4, 0.5) is 20.0 Å². The molecule has 0 unspecified atom stereocenters. The number of nitrogens with zero attached hydrogens (tertiary/aromatic N) is 2. The van der Waals surface area contributed by atoms with E-state index in [1.807, 2.05) is 60.9 Å². The first-order valence-electron chi connectivity index (χ1n) is 11.3. The summed E-state index contributed by atoms with van der Waals surface area (Å²) in [4.78, 5) is 4.63. The second-order valence-corrected chi connectivity index (χ2v) is 8.43. The van der Waals surface area contributed by atoms with E-state index in [1.54, 1.807) is 42.6 Å². The molecule has 5 rings (SSSR count). The van der Waals surface area contributed by atoms with Crippen LogP contribution in [0.1, 0.15) is 16.7 Å². The van der Waals surface area contributed by atoms with Gasteiger partial charge in [0.25, 0.3) is 0 Å². The number of dihydropyridines is 1. The lowest BCUT2D eigenvalue weighted by Crippen LogP contribution is -2.34. The summed E-state index contributed by atoms with van der Waals surface area (Å²) in [5.41, 5.74) is 5.11. The number of rotatable bonds is 3. The molecule has 3 aromatic carbocycles. The highest BCUT2D eigenvalue weighted by molar-refractivity contribution is 6.53. The normalized spacial score (nSPS) is 18.5. The molecule has 0 aromatic heterocycles. The van der Waals surface area contributed by atoms with Crippen LogP contribution in [0.3, 0.4) is 0 Å². The van der Waals surface area contributed by atoms with Crippen molar-refractivity contribution in [3.63, 3.8) is 0 Å². The molecule has 7 heteroatoms. The topological polar surface area (TPSA) is 33.8 Å². The zero-order chi connectivity index (χ0) is 24.4. The Hall–Kier alpha value is -4.26. The number of hydrogen-bond donors (Lipinski definition) is 0. The fourth-order valence-corrected chi connectivity index (χ4v) is 4.02. The number of halogens is 2. The Morgan fingerprint density at radius 3 is 2.00 bits per heavy atom. The van der Waals surface area contributed by atoms with Crippen molar-refractivity contribution in [1.29, 1.82) is 0 Å². The summed E-state index contributed by atoms with van der Waals surface area (Å²) in [7, 11) is -4.50. The van der Waals surface area contributed by atoms with Gasteiger partial charge in [-0.3, -0.25) is 0 Å². The molecule has 2 aliphatic rings. The minimum Gasteiger partial charge on any atom is -0.627 e. The van der Waals surface area contributed by atoms with Gasteiger partial charge in [0.15, 0.2) is 6.21 Å². The van der Waals surface area contributed by atoms with E-state index in [0.717, 1.165) is 22.5 Å². The molecule has 2 heterocycles. The standard InChI is InChI=1S/C28H23BF2N2O2/c1-20-8-6-12-24(16-20)33(25-13-7-9-21(2)17-25)28-15-14-23(19-32-28)27-18-26(34-29(30,31)35-27)22-10-4-3-5-11-22/h3-19H,1-2H3. The molecule has 0 atom stereocenters. The Kier molecular flexibility index (Phi) is 5.91. The number of aryl methyl sites for hydroxylation is 2. The SMILES string of the molecule is Cc1cccc([N+](=C2C=CC(=C3C=C(c4ccccc4)O[B-](F)(F)O3)C=N2)c2cccc(C)c2)c1. The first-order valence-corrected chi connectivity index (χ1v) is 11.3. The van der Waals surface area contributed by atoms with Crippen molar-refractivity contribution >= 4 is 36.3 Å². The van der Waals surface area contributed by atoms with E-state index in [9.17, 15) is 8.63 Å². The first-order chi connectivity index (χ1) is 16.9. The van der Waals surface area contributed by atoms with Gasteiger partial charge in [-0.25, -0.2) is 0 Å². The van der Waals surface area contributed by atoms with Crippen molar-refractivity contribution in [3.8, 4) is 0 Å². The molecular formula is C28H23BF2N2O2. The highest BCUT2D eigenvalue weighted by Gasteiger charge is 2.38. The fraction of sp³-hybridized carbons (Fsp3) is 0.0714. The zero-order valence-corrected chi connectivity index (χ0v) is 19.4. The van der Waals surface area contributed by atoms with Crippen LogP contribution >= 0.6 is 0 Å². The Labute approximate surface area is 202 Å². The zero-order valence-electron chi connectivity index (χ0n) is 19.4. The summed E-state index contributed by atoms with van der Waals surface area (Å²) >= 11 is 0. The van der Waals surface area contributed by atoms with Crippen LogP contribution in [0.2, 0.25) is 0 Å². The van der Waals surface area contributed by atoms with Crippen LogP contribution in [0, 0.1) is 13.8 Å². The van der Waals surface area contributed by atoms with E-state index in [2.05, 4.69) is 17.1 Å². The van der Waals surface area contributed by atoms with E-state index >= 15 is 0 Å². The predicted octanol–water partition coefficient (Wildman–Crippen LogP) is 6.89. The lowest BCUT2D eigenvalue weighted by Gasteiger charge is -2.35. The summed E-state index contributed by atoms with van der Waals surface area (Å²) in [6.45, 7) is 4.07. The molecule has 0 bridgehead atoms. The first kappa shape index (κ1) is 22.5. The Bertz CT molecular complexity index is 1370. The number of aliphatic imine (C=N–C) groups is 1. The van der Waals surface area contributed by atoms with Crippen LogP contribution in [0.5, 0.6) is 0 Å². The van der Waals surface area contributed by atoms with Crippen molar-refractivity contribution in [2.45, 2.75) is 13.8 Å². The summed E-state index contributed by atoms with van der Waals surface area (Å²) in [6.07, 6.45) is 6.55. The van der Waals surface area contributed by atoms with Crippen molar-refractivity contribution < 1.29 is 17.9 Å². The fourth-order valence-electron chi connectivity index (χ4n) is 4.02. The van der Waals surface area contributed by atoms with Crippen molar-refractivity contribution in [1.82, 2.24) is 4.58 Å². The summed E-state index contributed by atoms with van der Waals surface area (Å²) in [5.74, 6) is 0.723. The highest BCUT2D eigenvalue weighted by Crippen LogP contribution is 2.33. The molecule has 0 amide bonds. The molecule has 0 saturated carbocycles. The van der Waals surface area contributed by atoms with E-state index in [1.165, 1.54) is 6.08 Å². The predicted molar refractivity (Wildman–Crippen MR) is 138 cm³/mol. The lowest BCUT2D eigenvalue weighted by atomic mass is 10.0. The van der Waals surface area contributed by atoms with Crippen molar-refractivity contribution in [2.75, 3.05) is 0 Å². The van der Waals surface area contributed by atoms with Gasteiger partial charge in [0, 0.05) is 17.7 Å². The van der Waals surface area contributed by atoms with Crippen LogP contribution in [-0.4, -0.2) is 19.2 Å². The minimum atomic E-state index is -4.50. The molecule has 0 aliphatic carbocycles. The average molecular weight is 468 g/mol. The molecule has 174 valence electrons. The summed E-state index contributed by atoms with van der Waals surface area (Å²) in [5, 5.41) is 0. The van der Waals surface area contributed by atoms with E-state index < -0.39 is 7.11 Å².